The van der Waals surface area contributed by atoms with E-state index in [1.807, 2.05) is 37.3 Å². The third-order valence-electron chi connectivity index (χ3n) is 3.80. The molecule has 1 amide bonds. The Morgan fingerprint density at radius 3 is 2.72 bits per heavy atom. The van der Waals surface area contributed by atoms with Crippen LogP contribution in [0.5, 0.6) is 0 Å². The van der Waals surface area contributed by atoms with Crippen molar-refractivity contribution in [3.05, 3.63) is 35.9 Å². The molecule has 25 heavy (non-hydrogen) atoms. The van der Waals surface area contributed by atoms with Gasteiger partial charge in [-0.3, -0.25) is 9.79 Å². The number of rotatable bonds is 8. The average molecular weight is 460 g/mol. The van der Waals surface area contributed by atoms with Crippen LogP contribution < -0.4 is 16.0 Å². The minimum atomic E-state index is 0. The second-order valence-corrected chi connectivity index (χ2v) is 5.79. The van der Waals surface area contributed by atoms with Crippen LogP contribution in [0.25, 0.3) is 0 Å². The van der Waals surface area contributed by atoms with Crippen LogP contribution in [0, 0.1) is 0 Å². The van der Waals surface area contributed by atoms with Crippen molar-refractivity contribution in [3.8, 4) is 0 Å². The van der Waals surface area contributed by atoms with Crippen LogP contribution in [0.3, 0.4) is 0 Å². The maximum atomic E-state index is 11.9. The highest BCUT2D eigenvalue weighted by Gasteiger charge is 2.14. The highest BCUT2D eigenvalue weighted by Crippen LogP contribution is 2.11. The van der Waals surface area contributed by atoms with Crippen molar-refractivity contribution in [2.45, 2.75) is 38.8 Å². The second-order valence-electron chi connectivity index (χ2n) is 5.79. The maximum absolute atomic E-state index is 11.9. The predicted octanol–water partition coefficient (Wildman–Crippen LogP) is 2.05. The number of hydrogen-bond acceptors (Lipinski definition) is 3. The van der Waals surface area contributed by atoms with E-state index in [9.17, 15) is 4.79 Å². The number of amides is 1. The zero-order chi connectivity index (χ0) is 17.0. The summed E-state index contributed by atoms with van der Waals surface area (Å²) in [6.07, 6.45) is 2.84. The fraction of sp³-hybridized carbons (Fsp3) is 0.556. The first-order valence-corrected chi connectivity index (χ1v) is 8.72. The first kappa shape index (κ1) is 21.7. The lowest BCUT2D eigenvalue weighted by Crippen LogP contribution is -2.39. The minimum Gasteiger partial charge on any atom is -0.376 e. The summed E-state index contributed by atoms with van der Waals surface area (Å²) in [7, 11) is 0. The number of ether oxygens (including phenoxy) is 1. The lowest BCUT2D eigenvalue weighted by molar-refractivity contribution is -0.121. The van der Waals surface area contributed by atoms with E-state index in [1.54, 1.807) is 0 Å². The van der Waals surface area contributed by atoms with Gasteiger partial charge in [0, 0.05) is 32.7 Å². The van der Waals surface area contributed by atoms with Gasteiger partial charge >= 0.3 is 0 Å². The summed E-state index contributed by atoms with van der Waals surface area (Å²) in [5, 5.41) is 9.31. The van der Waals surface area contributed by atoms with Crippen LogP contribution in [0.15, 0.2) is 35.3 Å². The molecule has 0 aromatic heterocycles. The molecule has 7 heteroatoms. The molecule has 1 unspecified atom stereocenters. The normalized spacial score (nSPS) is 16.8. The van der Waals surface area contributed by atoms with E-state index in [0.29, 0.717) is 26.1 Å². The van der Waals surface area contributed by atoms with Gasteiger partial charge in [0.25, 0.3) is 0 Å². The molecule has 1 saturated heterocycles. The van der Waals surface area contributed by atoms with Gasteiger partial charge in [-0.2, -0.15) is 0 Å². The molecule has 1 fully saturated rings. The number of carbonyl (C=O) groups is 1. The molecule has 0 radical (unpaired) electrons. The van der Waals surface area contributed by atoms with E-state index >= 15 is 0 Å². The Balaban J connectivity index is 0.00000312. The third-order valence-corrected chi connectivity index (χ3v) is 3.80. The molecule has 0 bridgehead atoms. The SMILES string of the molecule is CCNC(=NCC1CCCO1)NCCC(=O)NCc1ccccc1.I. The van der Waals surface area contributed by atoms with Gasteiger partial charge in [0.1, 0.15) is 0 Å². The van der Waals surface area contributed by atoms with Crippen LogP contribution in [0.1, 0.15) is 31.7 Å². The topological polar surface area (TPSA) is 74.8 Å². The molecule has 140 valence electrons. The van der Waals surface area contributed by atoms with E-state index in [1.165, 1.54) is 0 Å². The fourth-order valence-corrected chi connectivity index (χ4v) is 2.50. The fourth-order valence-electron chi connectivity index (χ4n) is 2.50. The Hall–Kier alpha value is -1.35. The third kappa shape index (κ3) is 9.06. The van der Waals surface area contributed by atoms with Gasteiger partial charge in [-0.05, 0) is 25.3 Å². The highest BCUT2D eigenvalue weighted by atomic mass is 127. The van der Waals surface area contributed by atoms with Crippen LogP contribution in [-0.2, 0) is 16.1 Å². The molecule has 1 atom stereocenters. The van der Waals surface area contributed by atoms with Gasteiger partial charge in [-0.25, -0.2) is 0 Å². The number of hydrogen-bond donors (Lipinski definition) is 3. The Morgan fingerprint density at radius 2 is 2.04 bits per heavy atom. The number of aliphatic imine (C=N–C) groups is 1. The molecule has 1 aliphatic rings. The Morgan fingerprint density at radius 1 is 1.24 bits per heavy atom. The summed E-state index contributed by atoms with van der Waals surface area (Å²) < 4.78 is 5.57. The van der Waals surface area contributed by atoms with Gasteiger partial charge in [0.15, 0.2) is 5.96 Å². The molecular weight excluding hydrogens is 431 g/mol. The van der Waals surface area contributed by atoms with Gasteiger partial charge in [-0.15, -0.1) is 24.0 Å². The Bertz CT molecular complexity index is 519. The van der Waals surface area contributed by atoms with E-state index in [-0.39, 0.29) is 36.0 Å². The number of benzene rings is 1. The minimum absolute atomic E-state index is 0. The quantitative estimate of drug-likeness (QED) is 0.316. The van der Waals surface area contributed by atoms with Crippen molar-refractivity contribution in [3.63, 3.8) is 0 Å². The number of guanidine groups is 1. The van der Waals surface area contributed by atoms with Gasteiger partial charge in [-0.1, -0.05) is 30.3 Å². The Labute approximate surface area is 167 Å². The van der Waals surface area contributed by atoms with Crippen molar-refractivity contribution < 1.29 is 9.53 Å². The first-order valence-electron chi connectivity index (χ1n) is 8.72. The Kier molecular flexibility index (Phi) is 11.2. The molecule has 1 aliphatic heterocycles. The largest absolute Gasteiger partial charge is 0.376 e. The number of halogens is 1. The van der Waals surface area contributed by atoms with Crippen molar-refractivity contribution >= 4 is 35.8 Å². The van der Waals surface area contributed by atoms with Crippen molar-refractivity contribution in [1.82, 2.24) is 16.0 Å². The zero-order valence-electron chi connectivity index (χ0n) is 14.8. The molecule has 3 N–H and O–H groups in total. The lowest BCUT2D eigenvalue weighted by atomic mass is 10.2. The zero-order valence-corrected chi connectivity index (χ0v) is 17.1. The maximum Gasteiger partial charge on any atom is 0.222 e. The molecular formula is C18H29IN4O2. The van der Waals surface area contributed by atoms with Crippen LogP contribution in [0.4, 0.5) is 0 Å². The number of nitrogens with zero attached hydrogens (tertiary/aromatic N) is 1. The standard InChI is InChI=1S/C18H28N4O2.HI/c1-2-19-18(22-14-16-9-6-12-24-16)20-11-10-17(23)21-13-15-7-4-3-5-8-15;/h3-5,7-8,16H,2,6,9-14H2,1H3,(H,21,23)(H2,19,20,22);1H. The van der Waals surface area contributed by atoms with Gasteiger partial charge < -0.3 is 20.7 Å². The van der Waals surface area contributed by atoms with Crippen molar-refractivity contribution in [2.24, 2.45) is 4.99 Å². The summed E-state index contributed by atoms with van der Waals surface area (Å²) >= 11 is 0. The summed E-state index contributed by atoms with van der Waals surface area (Å²) in [5.74, 6) is 0.769. The number of nitrogens with one attached hydrogen (secondary N) is 3. The second kappa shape index (κ2) is 12.9. The summed E-state index contributed by atoms with van der Waals surface area (Å²) in [5.41, 5.74) is 1.10. The van der Waals surface area contributed by atoms with E-state index in [4.69, 9.17) is 4.74 Å². The van der Waals surface area contributed by atoms with Gasteiger partial charge in [0.2, 0.25) is 5.91 Å². The first-order chi connectivity index (χ1) is 11.8. The smallest absolute Gasteiger partial charge is 0.222 e. The molecule has 1 aromatic rings. The van der Waals surface area contributed by atoms with Crippen molar-refractivity contribution in [1.29, 1.82) is 0 Å². The number of carbonyl (C=O) groups excluding carboxylic acids is 1. The van der Waals surface area contributed by atoms with Crippen LogP contribution in [-0.4, -0.2) is 44.2 Å². The van der Waals surface area contributed by atoms with E-state index < -0.39 is 0 Å². The van der Waals surface area contributed by atoms with Gasteiger partial charge in [0.05, 0.1) is 12.6 Å². The molecule has 1 aromatic carbocycles. The summed E-state index contributed by atoms with van der Waals surface area (Å²) in [6, 6.07) is 9.90. The van der Waals surface area contributed by atoms with Crippen LogP contribution >= 0.6 is 24.0 Å². The average Bonchev–Trinajstić information content (AvgIpc) is 3.12. The highest BCUT2D eigenvalue weighted by molar-refractivity contribution is 14.0. The van der Waals surface area contributed by atoms with E-state index in [2.05, 4.69) is 20.9 Å². The van der Waals surface area contributed by atoms with E-state index in [0.717, 1.165) is 37.5 Å². The summed E-state index contributed by atoms with van der Waals surface area (Å²) in [4.78, 5) is 16.4. The molecule has 6 nitrogen and oxygen atoms in total. The van der Waals surface area contributed by atoms with Crippen molar-refractivity contribution in [2.75, 3.05) is 26.2 Å². The monoisotopic (exact) mass is 460 g/mol. The predicted molar refractivity (Wildman–Crippen MR) is 111 cm³/mol. The van der Waals surface area contributed by atoms with Crippen LogP contribution in [0.2, 0.25) is 0 Å². The molecule has 0 aliphatic carbocycles. The molecule has 2 rings (SSSR count). The molecule has 1 heterocycles. The molecule has 0 spiro atoms. The molecule has 0 saturated carbocycles. The summed E-state index contributed by atoms with van der Waals surface area (Å²) in [6.45, 7) is 5.43. The lowest BCUT2D eigenvalue weighted by Gasteiger charge is -2.13.